The molecule has 5 heteroatoms. The number of aliphatic hydroxyl groups is 2. The lowest BCUT2D eigenvalue weighted by atomic mass is 10.0. The van der Waals surface area contributed by atoms with E-state index in [1.54, 1.807) is 0 Å². The molecule has 0 aliphatic rings. The van der Waals surface area contributed by atoms with Crippen molar-refractivity contribution in [1.82, 2.24) is 0 Å². The molecule has 0 amide bonds. The van der Waals surface area contributed by atoms with Gasteiger partial charge in [-0.1, -0.05) is 23.7 Å². The van der Waals surface area contributed by atoms with Gasteiger partial charge < -0.3 is 10.2 Å². The number of nitriles is 1. The van der Waals surface area contributed by atoms with Crippen molar-refractivity contribution >= 4 is 11.6 Å². The normalized spacial score (nSPS) is 14.5. The van der Waals surface area contributed by atoms with E-state index in [0.717, 1.165) is 0 Å². The molecule has 1 aromatic rings. The number of benzene rings is 1. The number of aliphatic hydroxyl groups excluding tert-OH is 2. The summed E-state index contributed by atoms with van der Waals surface area (Å²) in [7, 11) is 0. The van der Waals surface area contributed by atoms with Crippen LogP contribution in [0.3, 0.4) is 0 Å². The van der Waals surface area contributed by atoms with Crippen LogP contribution < -0.4 is 0 Å². The van der Waals surface area contributed by atoms with Gasteiger partial charge >= 0.3 is 0 Å². The van der Waals surface area contributed by atoms with Crippen molar-refractivity contribution in [1.29, 1.82) is 5.26 Å². The van der Waals surface area contributed by atoms with E-state index in [2.05, 4.69) is 0 Å². The summed E-state index contributed by atoms with van der Waals surface area (Å²) in [5.41, 5.74) is -0.188. The van der Waals surface area contributed by atoms with Crippen LogP contribution in [0.5, 0.6) is 0 Å². The molecule has 0 spiro atoms. The van der Waals surface area contributed by atoms with E-state index in [1.807, 2.05) is 0 Å². The average molecular weight is 216 g/mol. The minimum absolute atomic E-state index is 0.160. The summed E-state index contributed by atoms with van der Waals surface area (Å²) < 4.78 is 13.2. The van der Waals surface area contributed by atoms with Gasteiger partial charge in [0.25, 0.3) is 0 Å². The van der Waals surface area contributed by atoms with E-state index >= 15 is 0 Å². The zero-order valence-electron chi connectivity index (χ0n) is 6.98. The number of hydrogen-bond acceptors (Lipinski definition) is 3. The van der Waals surface area contributed by atoms with E-state index in [-0.39, 0.29) is 10.6 Å². The van der Waals surface area contributed by atoms with Gasteiger partial charge in [-0.05, 0) is 6.07 Å². The topological polar surface area (TPSA) is 64.2 Å². The molecule has 2 atom stereocenters. The van der Waals surface area contributed by atoms with Gasteiger partial charge in [0.2, 0.25) is 0 Å². The third-order valence-electron chi connectivity index (χ3n) is 1.73. The first-order chi connectivity index (χ1) is 6.57. The van der Waals surface area contributed by atoms with E-state index in [9.17, 15) is 9.50 Å². The zero-order chi connectivity index (χ0) is 10.7. The summed E-state index contributed by atoms with van der Waals surface area (Å²) in [4.78, 5) is 0. The Hall–Kier alpha value is -1.15. The average Bonchev–Trinajstić information content (AvgIpc) is 2.20. The van der Waals surface area contributed by atoms with Gasteiger partial charge in [-0.15, -0.1) is 0 Å². The highest BCUT2D eigenvalue weighted by molar-refractivity contribution is 6.30. The molecule has 1 rings (SSSR count). The van der Waals surface area contributed by atoms with Gasteiger partial charge in [0.15, 0.2) is 6.10 Å². The molecule has 0 aliphatic heterocycles. The molecule has 74 valence electrons. The van der Waals surface area contributed by atoms with Crippen molar-refractivity contribution in [2.75, 3.05) is 0 Å². The molecule has 14 heavy (non-hydrogen) atoms. The molecule has 0 bridgehead atoms. The van der Waals surface area contributed by atoms with Crippen LogP contribution >= 0.6 is 11.6 Å². The van der Waals surface area contributed by atoms with Gasteiger partial charge in [0.05, 0.1) is 11.1 Å². The van der Waals surface area contributed by atoms with Crippen LogP contribution in [0.1, 0.15) is 11.7 Å². The fourth-order valence-electron chi connectivity index (χ4n) is 0.990. The van der Waals surface area contributed by atoms with E-state index in [0.29, 0.717) is 0 Å². The second-order valence-corrected chi connectivity index (χ2v) is 3.07. The van der Waals surface area contributed by atoms with Crippen molar-refractivity contribution in [2.45, 2.75) is 12.2 Å². The first kappa shape index (κ1) is 10.9. The Balaban J connectivity index is 3.08. The minimum atomic E-state index is -1.66. The third kappa shape index (κ3) is 2.02. The monoisotopic (exact) mass is 215 g/mol. The molecule has 2 unspecified atom stereocenters. The number of halogens is 2. The summed E-state index contributed by atoms with van der Waals surface area (Å²) in [5, 5.41) is 26.4. The van der Waals surface area contributed by atoms with Crippen molar-refractivity contribution in [3.63, 3.8) is 0 Å². The molecular formula is C9H7ClFNO2. The predicted molar refractivity (Wildman–Crippen MR) is 48.0 cm³/mol. The summed E-state index contributed by atoms with van der Waals surface area (Å²) in [6, 6.07) is 5.40. The van der Waals surface area contributed by atoms with Gasteiger partial charge in [-0.2, -0.15) is 5.26 Å². The van der Waals surface area contributed by atoms with Crippen molar-refractivity contribution in [2.24, 2.45) is 0 Å². The lowest BCUT2D eigenvalue weighted by molar-refractivity contribution is 0.0503. The summed E-state index contributed by atoms with van der Waals surface area (Å²) in [6.07, 6.45) is -3.25. The van der Waals surface area contributed by atoms with Gasteiger partial charge in [0, 0.05) is 5.56 Å². The first-order valence-electron chi connectivity index (χ1n) is 3.77. The molecule has 3 nitrogen and oxygen atoms in total. The molecule has 0 saturated heterocycles. The molecule has 0 radical (unpaired) electrons. The molecular weight excluding hydrogens is 209 g/mol. The highest BCUT2D eigenvalue weighted by Gasteiger charge is 2.21. The van der Waals surface area contributed by atoms with E-state index < -0.39 is 18.0 Å². The SMILES string of the molecule is N#CC(O)C(O)c1cccc(Cl)c1F. The summed E-state index contributed by atoms with van der Waals surface area (Å²) >= 11 is 5.46. The fourth-order valence-corrected chi connectivity index (χ4v) is 1.17. The van der Waals surface area contributed by atoms with Crippen LogP contribution in [-0.2, 0) is 0 Å². The lowest BCUT2D eigenvalue weighted by Gasteiger charge is -2.12. The minimum Gasteiger partial charge on any atom is -0.384 e. The fraction of sp³-hybridized carbons (Fsp3) is 0.222. The molecule has 0 aromatic heterocycles. The molecule has 0 heterocycles. The zero-order valence-corrected chi connectivity index (χ0v) is 7.74. The number of hydrogen-bond donors (Lipinski definition) is 2. The highest BCUT2D eigenvalue weighted by atomic mass is 35.5. The maximum atomic E-state index is 13.2. The standard InChI is InChI=1S/C9H7ClFNO2/c10-6-3-1-2-5(8(6)11)9(14)7(13)4-12/h1-3,7,9,13-14H. The lowest BCUT2D eigenvalue weighted by Crippen LogP contribution is -2.17. The maximum absolute atomic E-state index is 13.2. The number of nitrogens with zero attached hydrogens (tertiary/aromatic N) is 1. The second kappa shape index (κ2) is 4.38. The maximum Gasteiger partial charge on any atom is 0.170 e. The van der Waals surface area contributed by atoms with Crippen LogP contribution in [0.15, 0.2) is 18.2 Å². The predicted octanol–water partition coefficient (Wildman–Crippen LogP) is 1.40. The van der Waals surface area contributed by atoms with E-state index in [4.69, 9.17) is 22.0 Å². The Morgan fingerprint density at radius 1 is 1.43 bits per heavy atom. The largest absolute Gasteiger partial charge is 0.384 e. The van der Waals surface area contributed by atoms with Gasteiger partial charge in [0.1, 0.15) is 11.9 Å². The molecule has 0 fully saturated rings. The molecule has 1 aromatic carbocycles. The Labute approximate surface area is 85.0 Å². The Morgan fingerprint density at radius 3 is 2.64 bits per heavy atom. The molecule has 0 saturated carbocycles. The van der Waals surface area contributed by atoms with Crippen LogP contribution in [0, 0.1) is 17.1 Å². The Kier molecular flexibility index (Phi) is 3.42. The first-order valence-corrected chi connectivity index (χ1v) is 4.15. The third-order valence-corrected chi connectivity index (χ3v) is 2.02. The van der Waals surface area contributed by atoms with Crippen molar-refractivity contribution in [3.05, 3.63) is 34.6 Å². The quantitative estimate of drug-likeness (QED) is 0.733. The second-order valence-electron chi connectivity index (χ2n) is 2.66. The Morgan fingerprint density at radius 2 is 2.07 bits per heavy atom. The van der Waals surface area contributed by atoms with Crippen molar-refractivity contribution < 1.29 is 14.6 Å². The number of rotatable bonds is 2. The van der Waals surface area contributed by atoms with Crippen LogP contribution in [0.2, 0.25) is 5.02 Å². The van der Waals surface area contributed by atoms with Crippen molar-refractivity contribution in [3.8, 4) is 6.07 Å². The summed E-state index contributed by atoms with van der Waals surface area (Å²) in [6.45, 7) is 0. The van der Waals surface area contributed by atoms with E-state index in [1.165, 1.54) is 24.3 Å². The van der Waals surface area contributed by atoms with Crippen LogP contribution in [0.25, 0.3) is 0 Å². The van der Waals surface area contributed by atoms with Crippen LogP contribution in [0.4, 0.5) is 4.39 Å². The highest BCUT2D eigenvalue weighted by Crippen LogP contribution is 2.24. The van der Waals surface area contributed by atoms with Gasteiger partial charge in [-0.25, -0.2) is 4.39 Å². The molecule has 0 aliphatic carbocycles. The van der Waals surface area contributed by atoms with Crippen LogP contribution in [-0.4, -0.2) is 16.3 Å². The smallest absolute Gasteiger partial charge is 0.170 e. The molecule has 2 N–H and O–H groups in total. The summed E-state index contributed by atoms with van der Waals surface area (Å²) in [5.74, 6) is -0.823. The van der Waals surface area contributed by atoms with Gasteiger partial charge in [-0.3, -0.25) is 0 Å². The Bertz CT molecular complexity index is 378.